The molecule has 0 atom stereocenters. The van der Waals surface area contributed by atoms with Crippen molar-refractivity contribution < 1.29 is 0 Å². The zero-order valence-corrected chi connectivity index (χ0v) is 13.6. The van der Waals surface area contributed by atoms with Crippen molar-refractivity contribution in [2.24, 2.45) is 0 Å². The number of guanidine groups is 1. The van der Waals surface area contributed by atoms with Gasteiger partial charge >= 0.3 is 0 Å². The van der Waals surface area contributed by atoms with Crippen LogP contribution in [0.3, 0.4) is 0 Å². The van der Waals surface area contributed by atoms with Gasteiger partial charge in [-0.25, -0.2) is 5.43 Å². The Morgan fingerprint density at radius 3 is 2.30 bits per heavy atom. The summed E-state index contributed by atoms with van der Waals surface area (Å²) in [4.78, 5) is 0. The first-order chi connectivity index (χ1) is 9.29. The molecule has 0 aromatic heterocycles. The van der Waals surface area contributed by atoms with E-state index in [-0.39, 0.29) is 12.0 Å². The summed E-state index contributed by atoms with van der Waals surface area (Å²) in [5.41, 5.74) is 5.25. The van der Waals surface area contributed by atoms with Crippen molar-refractivity contribution in [3.63, 3.8) is 0 Å². The summed E-state index contributed by atoms with van der Waals surface area (Å²) in [6.45, 7) is 10.8. The standard InChI is InChI=1S/C14H32N6/c1-6-7-8-9-10-17-13(16)19-20-14(4,5)12(15)18-11(2)3/h11,20H,6-10H2,1-5H3,(H2,15,18)(H3,16,17,19). The molecule has 0 heterocycles. The van der Waals surface area contributed by atoms with Gasteiger partial charge in [-0.05, 0) is 34.1 Å². The highest BCUT2D eigenvalue weighted by Gasteiger charge is 2.24. The van der Waals surface area contributed by atoms with Gasteiger partial charge in [0, 0.05) is 12.6 Å². The predicted octanol–water partition coefficient (Wildman–Crippen LogP) is 1.94. The molecule has 0 bridgehead atoms. The van der Waals surface area contributed by atoms with Crippen LogP contribution in [-0.2, 0) is 0 Å². The summed E-state index contributed by atoms with van der Waals surface area (Å²) in [6.07, 6.45) is 4.73. The zero-order valence-electron chi connectivity index (χ0n) is 13.6. The Hall–Kier alpha value is -1.30. The lowest BCUT2D eigenvalue weighted by molar-refractivity contribution is 0.452. The van der Waals surface area contributed by atoms with Gasteiger partial charge in [0.1, 0.15) is 5.84 Å². The Morgan fingerprint density at radius 1 is 1.10 bits per heavy atom. The second-order valence-corrected chi connectivity index (χ2v) is 5.91. The summed E-state index contributed by atoms with van der Waals surface area (Å²) in [6, 6.07) is 0.222. The van der Waals surface area contributed by atoms with Crippen molar-refractivity contribution in [1.82, 2.24) is 21.5 Å². The second-order valence-electron chi connectivity index (χ2n) is 5.91. The van der Waals surface area contributed by atoms with E-state index in [0.717, 1.165) is 13.0 Å². The van der Waals surface area contributed by atoms with Crippen molar-refractivity contribution in [1.29, 1.82) is 10.8 Å². The van der Waals surface area contributed by atoms with Crippen LogP contribution in [-0.4, -0.2) is 29.9 Å². The van der Waals surface area contributed by atoms with E-state index < -0.39 is 5.54 Å². The molecular weight excluding hydrogens is 252 g/mol. The largest absolute Gasteiger partial charge is 0.370 e. The minimum atomic E-state index is -0.555. The lowest BCUT2D eigenvalue weighted by Gasteiger charge is -2.29. The fourth-order valence-electron chi connectivity index (χ4n) is 1.56. The van der Waals surface area contributed by atoms with E-state index >= 15 is 0 Å². The average Bonchev–Trinajstić information content (AvgIpc) is 2.35. The van der Waals surface area contributed by atoms with Crippen LogP contribution in [0.4, 0.5) is 0 Å². The molecule has 0 rings (SSSR count). The van der Waals surface area contributed by atoms with Gasteiger partial charge in [-0.2, -0.15) is 0 Å². The van der Waals surface area contributed by atoms with E-state index in [1.165, 1.54) is 19.3 Å². The molecule has 20 heavy (non-hydrogen) atoms. The van der Waals surface area contributed by atoms with Gasteiger partial charge in [0.05, 0.1) is 5.54 Å². The number of unbranched alkanes of at least 4 members (excludes halogenated alkanes) is 3. The molecule has 6 N–H and O–H groups in total. The van der Waals surface area contributed by atoms with Crippen molar-refractivity contribution >= 4 is 11.8 Å². The maximum Gasteiger partial charge on any atom is 0.203 e. The van der Waals surface area contributed by atoms with Gasteiger partial charge in [0.15, 0.2) is 0 Å². The van der Waals surface area contributed by atoms with Gasteiger partial charge in [-0.1, -0.05) is 26.2 Å². The summed E-state index contributed by atoms with van der Waals surface area (Å²) in [7, 11) is 0. The molecule has 0 saturated heterocycles. The predicted molar refractivity (Wildman–Crippen MR) is 86.2 cm³/mol. The van der Waals surface area contributed by atoms with Crippen molar-refractivity contribution in [3.8, 4) is 0 Å². The van der Waals surface area contributed by atoms with Crippen LogP contribution in [0.5, 0.6) is 0 Å². The maximum absolute atomic E-state index is 7.98. The first-order valence-corrected chi connectivity index (χ1v) is 7.50. The van der Waals surface area contributed by atoms with Gasteiger partial charge < -0.3 is 10.6 Å². The van der Waals surface area contributed by atoms with Gasteiger partial charge in [-0.3, -0.25) is 16.2 Å². The van der Waals surface area contributed by atoms with Crippen LogP contribution >= 0.6 is 0 Å². The lowest BCUT2D eigenvalue weighted by atomic mass is 10.0. The Bertz CT molecular complexity index is 298. The Kier molecular flexibility index (Phi) is 8.96. The second kappa shape index (κ2) is 9.58. The molecule has 0 saturated carbocycles. The first-order valence-electron chi connectivity index (χ1n) is 7.50. The Labute approximate surface area is 123 Å². The van der Waals surface area contributed by atoms with Crippen molar-refractivity contribution in [3.05, 3.63) is 0 Å². The highest BCUT2D eigenvalue weighted by Crippen LogP contribution is 2.01. The molecule has 0 fully saturated rings. The average molecular weight is 284 g/mol. The monoisotopic (exact) mass is 284 g/mol. The molecule has 6 nitrogen and oxygen atoms in total. The summed E-state index contributed by atoms with van der Waals surface area (Å²) >= 11 is 0. The van der Waals surface area contributed by atoms with Crippen molar-refractivity contribution in [2.75, 3.05) is 6.54 Å². The minimum Gasteiger partial charge on any atom is -0.370 e. The fourth-order valence-corrected chi connectivity index (χ4v) is 1.56. The Balaban J connectivity index is 3.89. The summed E-state index contributed by atoms with van der Waals surface area (Å²) in [5.74, 6) is 0.641. The zero-order chi connectivity index (χ0) is 15.6. The number of nitrogens with one attached hydrogen (secondary N) is 6. The van der Waals surface area contributed by atoms with Crippen LogP contribution in [0, 0.1) is 10.8 Å². The molecule has 6 heteroatoms. The molecule has 0 unspecified atom stereocenters. The number of amidine groups is 1. The SMILES string of the molecule is CCCCCCNC(=N)NNC(C)(C)C(=N)NC(C)C. The first kappa shape index (κ1) is 18.7. The molecule has 0 spiro atoms. The molecule has 0 radical (unpaired) electrons. The van der Waals surface area contributed by atoms with Gasteiger partial charge in [0.2, 0.25) is 5.96 Å². The van der Waals surface area contributed by atoms with E-state index in [4.69, 9.17) is 10.8 Å². The molecule has 0 aliphatic rings. The van der Waals surface area contributed by atoms with Crippen LogP contribution in [0.1, 0.15) is 60.3 Å². The quantitative estimate of drug-likeness (QED) is 0.169. The number of hydrazine groups is 1. The van der Waals surface area contributed by atoms with Gasteiger partial charge in [0.25, 0.3) is 0 Å². The third-order valence-electron chi connectivity index (χ3n) is 2.89. The molecule has 0 amide bonds. The normalized spacial score (nSPS) is 11.3. The highest BCUT2D eigenvalue weighted by molar-refractivity contribution is 5.88. The Morgan fingerprint density at radius 2 is 1.75 bits per heavy atom. The highest BCUT2D eigenvalue weighted by atomic mass is 15.4. The van der Waals surface area contributed by atoms with E-state index in [0.29, 0.717) is 5.84 Å². The van der Waals surface area contributed by atoms with E-state index in [1.54, 1.807) is 0 Å². The molecule has 0 aromatic rings. The topological polar surface area (TPSA) is 95.8 Å². The van der Waals surface area contributed by atoms with E-state index in [1.807, 2.05) is 27.7 Å². The molecule has 0 aliphatic carbocycles. The van der Waals surface area contributed by atoms with Crippen LogP contribution in [0.2, 0.25) is 0 Å². The smallest absolute Gasteiger partial charge is 0.203 e. The van der Waals surface area contributed by atoms with E-state index in [2.05, 4.69) is 28.4 Å². The maximum atomic E-state index is 7.98. The fraction of sp³-hybridized carbons (Fsp3) is 0.857. The molecule has 0 aromatic carbocycles. The molecule has 118 valence electrons. The van der Waals surface area contributed by atoms with Gasteiger partial charge in [-0.15, -0.1) is 0 Å². The van der Waals surface area contributed by atoms with Crippen LogP contribution in [0.15, 0.2) is 0 Å². The van der Waals surface area contributed by atoms with E-state index in [9.17, 15) is 0 Å². The summed E-state index contributed by atoms with van der Waals surface area (Å²) in [5, 5.41) is 21.8. The third kappa shape index (κ3) is 8.74. The number of rotatable bonds is 9. The summed E-state index contributed by atoms with van der Waals surface area (Å²) < 4.78 is 0. The third-order valence-corrected chi connectivity index (χ3v) is 2.89. The number of hydrogen-bond donors (Lipinski definition) is 6. The molecule has 0 aliphatic heterocycles. The lowest BCUT2D eigenvalue weighted by Crippen LogP contribution is -2.60. The molecular formula is C14H32N6. The minimum absolute atomic E-state index is 0.222. The van der Waals surface area contributed by atoms with Crippen LogP contribution < -0.4 is 21.5 Å². The van der Waals surface area contributed by atoms with Crippen LogP contribution in [0.25, 0.3) is 0 Å². The van der Waals surface area contributed by atoms with Crippen molar-refractivity contribution in [2.45, 2.75) is 71.9 Å². The number of hydrogen-bond acceptors (Lipinski definition) is 3.